The van der Waals surface area contributed by atoms with Gasteiger partial charge in [0.2, 0.25) is 0 Å². The molecule has 0 bridgehead atoms. The fraction of sp³-hybridized carbons (Fsp3) is 0.105. The fourth-order valence-electron chi connectivity index (χ4n) is 3.08. The van der Waals surface area contributed by atoms with Crippen molar-refractivity contribution >= 4 is 34.7 Å². The molecule has 0 aliphatic carbocycles. The molecule has 4 rings (SSSR count). The SMILES string of the molecule is N#CCn1cc(-c2cnc3c(Nc4ccc(C(=O)O)c(Cl)c4)nccn23)c(C(F)(F)F)n1. The van der Waals surface area contributed by atoms with Gasteiger partial charge < -0.3 is 10.4 Å². The number of nitrogens with zero attached hydrogens (tertiary/aromatic N) is 6. The van der Waals surface area contributed by atoms with Crippen molar-refractivity contribution in [2.75, 3.05) is 5.32 Å². The van der Waals surface area contributed by atoms with Crippen molar-refractivity contribution in [1.29, 1.82) is 5.26 Å². The van der Waals surface area contributed by atoms with E-state index < -0.39 is 17.8 Å². The third-order valence-electron chi connectivity index (χ3n) is 4.43. The van der Waals surface area contributed by atoms with Crippen LogP contribution in [0.4, 0.5) is 24.7 Å². The van der Waals surface area contributed by atoms with Crippen LogP contribution in [-0.4, -0.2) is 35.2 Å². The fourth-order valence-corrected chi connectivity index (χ4v) is 3.34. The number of anilines is 2. The maximum absolute atomic E-state index is 13.5. The molecule has 9 nitrogen and oxygen atoms in total. The van der Waals surface area contributed by atoms with Crippen molar-refractivity contribution in [3.8, 4) is 17.3 Å². The third kappa shape index (κ3) is 3.81. The van der Waals surface area contributed by atoms with Crippen LogP contribution < -0.4 is 5.32 Å². The van der Waals surface area contributed by atoms with Gasteiger partial charge in [0.05, 0.1) is 34.1 Å². The molecule has 162 valence electrons. The van der Waals surface area contributed by atoms with Crippen molar-refractivity contribution in [3.63, 3.8) is 0 Å². The smallest absolute Gasteiger partial charge is 0.435 e. The number of carbonyl (C=O) groups is 1. The Labute approximate surface area is 182 Å². The normalized spacial score (nSPS) is 11.5. The topological polar surface area (TPSA) is 121 Å². The molecule has 0 saturated heterocycles. The standard InChI is InChI=1S/C19H11ClF3N7O2/c20-13-7-10(1-2-11(13)18(31)32)27-16-17-26-8-14(30(17)6-4-25-16)12-9-29(5-3-24)28-15(12)19(21,22)23/h1-2,4,6-9H,5H2,(H,25,27)(H,31,32). The number of aromatic carboxylic acids is 1. The number of aromatic nitrogens is 5. The van der Waals surface area contributed by atoms with Crippen LogP contribution in [0.25, 0.3) is 16.9 Å². The minimum absolute atomic E-state index is 0.00166. The molecule has 4 aromatic rings. The van der Waals surface area contributed by atoms with E-state index in [0.717, 1.165) is 10.9 Å². The van der Waals surface area contributed by atoms with Gasteiger partial charge in [0.15, 0.2) is 17.2 Å². The van der Waals surface area contributed by atoms with E-state index in [4.69, 9.17) is 22.0 Å². The number of imidazole rings is 1. The number of benzene rings is 1. The third-order valence-corrected chi connectivity index (χ3v) is 4.74. The average Bonchev–Trinajstić information content (AvgIpc) is 3.32. The van der Waals surface area contributed by atoms with Gasteiger partial charge in [-0.05, 0) is 18.2 Å². The van der Waals surface area contributed by atoms with E-state index in [1.807, 2.05) is 0 Å². The number of rotatable bonds is 5. The Morgan fingerprint density at radius 1 is 1.31 bits per heavy atom. The van der Waals surface area contributed by atoms with Gasteiger partial charge in [-0.25, -0.2) is 14.8 Å². The zero-order chi connectivity index (χ0) is 23.0. The quantitative estimate of drug-likeness (QED) is 0.456. The van der Waals surface area contributed by atoms with Gasteiger partial charge in [-0.3, -0.25) is 9.08 Å². The van der Waals surface area contributed by atoms with Crippen molar-refractivity contribution in [2.24, 2.45) is 0 Å². The summed E-state index contributed by atoms with van der Waals surface area (Å²) < 4.78 is 42.9. The molecule has 3 heterocycles. The molecule has 2 N–H and O–H groups in total. The Bertz CT molecular complexity index is 1390. The van der Waals surface area contributed by atoms with Gasteiger partial charge in [-0.1, -0.05) is 11.6 Å². The average molecular weight is 462 g/mol. The van der Waals surface area contributed by atoms with Gasteiger partial charge in [-0.2, -0.15) is 23.5 Å². The van der Waals surface area contributed by atoms with E-state index >= 15 is 0 Å². The molecule has 1 aromatic carbocycles. The number of alkyl halides is 3. The predicted octanol–water partition coefficient (Wildman–Crippen LogP) is 4.23. The summed E-state index contributed by atoms with van der Waals surface area (Å²) in [4.78, 5) is 19.5. The molecular formula is C19H11ClF3N7O2. The second-order valence-corrected chi connectivity index (χ2v) is 6.89. The van der Waals surface area contributed by atoms with Gasteiger partial charge in [0.25, 0.3) is 0 Å². The summed E-state index contributed by atoms with van der Waals surface area (Å²) in [6.45, 7) is -0.346. The maximum atomic E-state index is 13.5. The van der Waals surface area contributed by atoms with E-state index in [-0.39, 0.29) is 39.9 Å². The van der Waals surface area contributed by atoms with Crippen molar-refractivity contribution in [3.05, 3.63) is 59.3 Å². The van der Waals surface area contributed by atoms with Gasteiger partial charge in [-0.15, -0.1) is 0 Å². The zero-order valence-electron chi connectivity index (χ0n) is 15.8. The minimum atomic E-state index is -4.74. The van der Waals surface area contributed by atoms with Crippen LogP contribution in [0.15, 0.2) is 43.0 Å². The first-order chi connectivity index (χ1) is 15.2. The highest BCUT2D eigenvalue weighted by Gasteiger charge is 2.38. The molecule has 3 aromatic heterocycles. The first kappa shape index (κ1) is 21.1. The molecule has 0 atom stereocenters. The first-order valence-electron chi connectivity index (χ1n) is 8.83. The lowest BCUT2D eigenvalue weighted by atomic mass is 10.2. The van der Waals surface area contributed by atoms with E-state index in [1.54, 1.807) is 6.07 Å². The molecule has 0 saturated carbocycles. The van der Waals surface area contributed by atoms with E-state index in [1.165, 1.54) is 41.2 Å². The second-order valence-electron chi connectivity index (χ2n) is 6.48. The number of carboxylic acid groups (broad SMARTS) is 1. The summed E-state index contributed by atoms with van der Waals surface area (Å²) in [6.07, 6.45) is 0.432. The summed E-state index contributed by atoms with van der Waals surface area (Å²) >= 11 is 5.98. The summed E-state index contributed by atoms with van der Waals surface area (Å²) in [5.41, 5.74) is -0.755. The lowest BCUT2D eigenvalue weighted by Gasteiger charge is -2.09. The Balaban J connectivity index is 1.78. The lowest BCUT2D eigenvalue weighted by Crippen LogP contribution is -2.09. The van der Waals surface area contributed by atoms with Gasteiger partial charge in [0.1, 0.15) is 6.54 Å². The Morgan fingerprint density at radius 2 is 2.09 bits per heavy atom. The summed E-state index contributed by atoms with van der Waals surface area (Å²) in [6, 6.07) is 5.92. The number of nitriles is 1. The summed E-state index contributed by atoms with van der Waals surface area (Å²) in [7, 11) is 0. The van der Waals surface area contributed by atoms with Gasteiger partial charge in [0, 0.05) is 24.3 Å². The Kier molecular flexibility index (Phi) is 5.19. The monoisotopic (exact) mass is 461 g/mol. The number of fused-ring (bicyclic) bond motifs is 1. The molecular weight excluding hydrogens is 451 g/mol. The zero-order valence-corrected chi connectivity index (χ0v) is 16.6. The molecule has 0 aliphatic rings. The van der Waals surface area contributed by atoms with E-state index in [9.17, 15) is 18.0 Å². The Hall–Kier alpha value is -4.11. The van der Waals surface area contributed by atoms with Crippen LogP contribution in [0.2, 0.25) is 5.02 Å². The molecule has 0 aliphatic heterocycles. The molecule has 0 fully saturated rings. The number of nitrogens with one attached hydrogen (secondary N) is 1. The largest absolute Gasteiger partial charge is 0.478 e. The minimum Gasteiger partial charge on any atom is -0.478 e. The van der Waals surface area contributed by atoms with Crippen LogP contribution in [0, 0.1) is 11.3 Å². The number of hydrogen-bond acceptors (Lipinski definition) is 6. The highest BCUT2D eigenvalue weighted by atomic mass is 35.5. The molecule has 13 heteroatoms. The van der Waals surface area contributed by atoms with Crippen molar-refractivity contribution in [2.45, 2.75) is 12.7 Å². The first-order valence-corrected chi connectivity index (χ1v) is 9.20. The Morgan fingerprint density at radius 3 is 2.75 bits per heavy atom. The maximum Gasteiger partial charge on any atom is 0.435 e. The number of carboxylic acids is 1. The van der Waals surface area contributed by atoms with E-state index in [0.29, 0.717) is 5.69 Å². The van der Waals surface area contributed by atoms with Crippen molar-refractivity contribution in [1.82, 2.24) is 24.1 Å². The molecule has 0 amide bonds. The molecule has 0 radical (unpaired) electrons. The van der Waals surface area contributed by atoms with E-state index in [2.05, 4.69) is 20.4 Å². The predicted molar refractivity (Wildman–Crippen MR) is 107 cm³/mol. The number of hydrogen-bond donors (Lipinski definition) is 2. The molecule has 32 heavy (non-hydrogen) atoms. The van der Waals surface area contributed by atoms with Gasteiger partial charge >= 0.3 is 12.1 Å². The second kappa shape index (κ2) is 7.86. The molecule has 0 spiro atoms. The van der Waals surface area contributed by atoms with Crippen LogP contribution >= 0.6 is 11.6 Å². The lowest BCUT2D eigenvalue weighted by molar-refractivity contribution is -0.141. The van der Waals surface area contributed by atoms with Crippen molar-refractivity contribution < 1.29 is 23.1 Å². The van der Waals surface area contributed by atoms with Crippen LogP contribution in [0.1, 0.15) is 16.1 Å². The van der Waals surface area contributed by atoms with Crippen LogP contribution in [0.5, 0.6) is 0 Å². The highest BCUT2D eigenvalue weighted by molar-refractivity contribution is 6.33. The molecule has 0 unspecified atom stereocenters. The van der Waals surface area contributed by atoms with Crippen LogP contribution in [-0.2, 0) is 12.7 Å². The number of halogens is 4. The van der Waals surface area contributed by atoms with Crippen LogP contribution in [0.3, 0.4) is 0 Å². The summed E-state index contributed by atoms with van der Waals surface area (Å²) in [5, 5.41) is 24.3. The summed E-state index contributed by atoms with van der Waals surface area (Å²) in [5.74, 6) is -0.979. The highest BCUT2D eigenvalue weighted by Crippen LogP contribution is 2.37.